The van der Waals surface area contributed by atoms with E-state index in [-0.39, 0.29) is 11.7 Å². The van der Waals surface area contributed by atoms with Crippen LogP contribution < -0.4 is 0 Å². The Labute approximate surface area is 105 Å². The number of imidazole rings is 1. The smallest absolute Gasteiger partial charge is 0.254 e. The Hall–Kier alpha value is -2.30. The molecule has 0 bridgehead atoms. The van der Waals surface area contributed by atoms with Crippen molar-refractivity contribution < 1.29 is 9.90 Å². The molecular formula is C13H15N3O2. The van der Waals surface area contributed by atoms with Crippen LogP contribution in [0.2, 0.25) is 0 Å². The minimum absolute atomic E-state index is 0.102. The molecule has 0 saturated heterocycles. The largest absolute Gasteiger partial charge is 0.508 e. The average Bonchev–Trinajstić information content (AvgIpc) is 2.84. The van der Waals surface area contributed by atoms with E-state index in [2.05, 4.69) is 9.97 Å². The lowest BCUT2D eigenvalue weighted by atomic mass is 10.1. The van der Waals surface area contributed by atoms with E-state index in [1.165, 1.54) is 6.07 Å². The zero-order valence-electron chi connectivity index (χ0n) is 10.3. The van der Waals surface area contributed by atoms with Gasteiger partial charge in [-0.05, 0) is 30.7 Å². The molecule has 1 aromatic carbocycles. The van der Waals surface area contributed by atoms with Crippen molar-refractivity contribution in [3.63, 3.8) is 0 Å². The predicted molar refractivity (Wildman–Crippen MR) is 67.2 cm³/mol. The monoisotopic (exact) mass is 245 g/mol. The fraction of sp³-hybridized carbons (Fsp3) is 0.231. The molecule has 2 aromatic rings. The Balaban J connectivity index is 2.12. The molecule has 0 radical (unpaired) electrons. The summed E-state index contributed by atoms with van der Waals surface area (Å²) in [5.41, 5.74) is 1.24. The first kappa shape index (κ1) is 12.2. The molecule has 0 saturated carbocycles. The van der Waals surface area contributed by atoms with Crippen LogP contribution >= 0.6 is 0 Å². The van der Waals surface area contributed by atoms with E-state index in [1.54, 1.807) is 43.4 Å². The maximum Gasteiger partial charge on any atom is 0.254 e. The maximum atomic E-state index is 12.1. The first-order valence-electron chi connectivity index (χ1n) is 5.61. The van der Waals surface area contributed by atoms with Crippen LogP contribution in [0.15, 0.2) is 30.6 Å². The molecule has 0 fully saturated rings. The lowest BCUT2D eigenvalue weighted by Crippen LogP contribution is -2.26. The van der Waals surface area contributed by atoms with Crippen LogP contribution in [0, 0.1) is 6.92 Å². The van der Waals surface area contributed by atoms with Gasteiger partial charge in [0, 0.05) is 25.0 Å². The van der Waals surface area contributed by atoms with Gasteiger partial charge in [0.15, 0.2) is 0 Å². The number of aromatic amines is 1. The Morgan fingerprint density at radius 2 is 2.28 bits per heavy atom. The number of aromatic nitrogens is 2. The van der Waals surface area contributed by atoms with Crippen molar-refractivity contribution in [1.82, 2.24) is 14.9 Å². The van der Waals surface area contributed by atoms with Gasteiger partial charge in [0.25, 0.3) is 5.91 Å². The summed E-state index contributed by atoms with van der Waals surface area (Å²) >= 11 is 0. The van der Waals surface area contributed by atoms with Gasteiger partial charge in [-0.15, -0.1) is 0 Å². The third-order valence-electron chi connectivity index (χ3n) is 2.73. The van der Waals surface area contributed by atoms with E-state index in [4.69, 9.17) is 0 Å². The molecular weight excluding hydrogens is 230 g/mol. The third kappa shape index (κ3) is 2.51. The molecule has 2 N–H and O–H groups in total. The molecule has 0 aliphatic rings. The Bertz CT molecular complexity index is 549. The molecule has 1 aromatic heterocycles. The summed E-state index contributed by atoms with van der Waals surface area (Å²) in [6, 6.07) is 4.82. The van der Waals surface area contributed by atoms with E-state index in [1.807, 2.05) is 0 Å². The number of aryl methyl sites for hydroxylation is 1. The lowest BCUT2D eigenvalue weighted by Gasteiger charge is -2.16. The van der Waals surface area contributed by atoms with E-state index >= 15 is 0 Å². The first-order valence-corrected chi connectivity index (χ1v) is 5.61. The van der Waals surface area contributed by atoms with Crippen LogP contribution in [0.3, 0.4) is 0 Å². The first-order chi connectivity index (χ1) is 8.58. The number of hydrogen-bond acceptors (Lipinski definition) is 3. The second kappa shape index (κ2) is 4.91. The van der Waals surface area contributed by atoms with Crippen LogP contribution in [-0.4, -0.2) is 32.9 Å². The molecule has 1 amide bonds. The zero-order chi connectivity index (χ0) is 13.1. The number of phenolic OH excluding ortho intramolecular Hbond substituents is 1. The number of rotatable bonds is 3. The molecule has 0 spiro atoms. The minimum Gasteiger partial charge on any atom is -0.508 e. The molecule has 0 unspecified atom stereocenters. The SMILES string of the molecule is Cc1cc(C(=O)N(C)Cc2ncc[nH]2)ccc1O. The molecule has 5 heteroatoms. The summed E-state index contributed by atoms with van der Waals surface area (Å²) in [7, 11) is 1.72. The topological polar surface area (TPSA) is 69.2 Å². The summed E-state index contributed by atoms with van der Waals surface area (Å²) in [5.74, 6) is 0.830. The fourth-order valence-electron chi connectivity index (χ4n) is 1.69. The minimum atomic E-state index is -0.102. The van der Waals surface area contributed by atoms with Crippen molar-refractivity contribution >= 4 is 5.91 Å². The van der Waals surface area contributed by atoms with E-state index in [9.17, 15) is 9.90 Å². The number of carbonyl (C=O) groups excluding carboxylic acids is 1. The number of nitrogens with zero attached hydrogens (tertiary/aromatic N) is 2. The molecule has 0 atom stereocenters. The van der Waals surface area contributed by atoms with Gasteiger partial charge in [0.1, 0.15) is 11.6 Å². The van der Waals surface area contributed by atoms with Crippen molar-refractivity contribution in [3.05, 3.63) is 47.5 Å². The van der Waals surface area contributed by atoms with E-state index in [0.29, 0.717) is 17.7 Å². The summed E-state index contributed by atoms with van der Waals surface area (Å²) in [6.07, 6.45) is 3.37. The highest BCUT2D eigenvalue weighted by atomic mass is 16.3. The van der Waals surface area contributed by atoms with Gasteiger partial charge >= 0.3 is 0 Å². The second-order valence-electron chi connectivity index (χ2n) is 4.20. The molecule has 1 heterocycles. The molecule has 0 aliphatic carbocycles. The summed E-state index contributed by atoms with van der Waals surface area (Å²) in [5, 5.41) is 9.43. The number of aromatic hydroxyl groups is 1. The summed E-state index contributed by atoms with van der Waals surface area (Å²) in [4.78, 5) is 20.7. The van der Waals surface area contributed by atoms with Crippen molar-refractivity contribution in [1.29, 1.82) is 0 Å². The summed E-state index contributed by atoms with van der Waals surface area (Å²) < 4.78 is 0. The number of carbonyl (C=O) groups is 1. The predicted octanol–water partition coefficient (Wildman–Crippen LogP) is 1.70. The second-order valence-corrected chi connectivity index (χ2v) is 4.20. The standard InChI is InChI=1S/C13H15N3O2/c1-9-7-10(3-4-11(9)17)13(18)16(2)8-12-14-5-6-15-12/h3-7,17H,8H2,1-2H3,(H,14,15). The van der Waals surface area contributed by atoms with Crippen LogP contribution in [0.1, 0.15) is 21.7 Å². The normalized spacial score (nSPS) is 10.3. The van der Waals surface area contributed by atoms with Crippen LogP contribution in [0.25, 0.3) is 0 Å². The van der Waals surface area contributed by atoms with Gasteiger partial charge < -0.3 is 15.0 Å². The van der Waals surface area contributed by atoms with Crippen molar-refractivity contribution in [3.8, 4) is 5.75 Å². The third-order valence-corrected chi connectivity index (χ3v) is 2.73. The number of H-pyrrole nitrogens is 1. The highest BCUT2D eigenvalue weighted by molar-refractivity contribution is 5.94. The van der Waals surface area contributed by atoms with Gasteiger partial charge in [-0.2, -0.15) is 0 Å². The number of nitrogens with one attached hydrogen (secondary N) is 1. The molecule has 94 valence electrons. The van der Waals surface area contributed by atoms with E-state index < -0.39 is 0 Å². The Morgan fingerprint density at radius 1 is 1.50 bits per heavy atom. The zero-order valence-corrected chi connectivity index (χ0v) is 10.3. The maximum absolute atomic E-state index is 12.1. The molecule has 2 rings (SSSR count). The van der Waals surface area contributed by atoms with Crippen LogP contribution in [-0.2, 0) is 6.54 Å². The average molecular weight is 245 g/mol. The van der Waals surface area contributed by atoms with Gasteiger partial charge in [-0.25, -0.2) is 4.98 Å². The molecule has 0 aliphatic heterocycles. The van der Waals surface area contributed by atoms with Gasteiger partial charge in [-0.3, -0.25) is 4.79 Å². The number of benzene rings is 1. The number of hydrogen-bond donors (Lipinski definition) is 2. The van der Waals surface area contributed by atoms with Crippen molar-refractivity contribution in [2.24, 2.45) is 0 Å². The fourth-order valence-corrected chi connectivity index (χ4v) is 1.69. The lowest BCUT2D eigenvalue weighted by molar-refractivity contribution is 0.0782. The molecule has 5 nitrogen and oxygen atoms in total. The van der Waals surface area contributed by atoms with Crippen molar-refractivity contribution in [2.75, 3.05) is 7.05 Å². The van der Waals surface area contributed by atoms with Gasteiger partial charge in [-0.1, -0.05) is 0 Å². The van der Waals surface area contributed by atoms with Crippen molar-refractivity contribution in [2.45, 2.75) is 13.5 Å². The Morgan fingerprint density at radius 3 is 2.89 bits per heavy atom. The Kier molecular flexibility index (Phi) is 3.32. The van der Waals surface area contributed by atoms with Crippen LogP contribution in [0.4, 0.5) is 0 Å². The summed E-state index contributed by atoms with van der Waals surface area (Å²) in [6.45, 7) is 2.18. The highest BCUT2D eigenvalue weighted by Crippen LogP contribution is 2.18. The molecule has 18 heavy (non-hydrogen) atoms. The quantitative estimate of drug-likeness (QED) is 0.864. The van der Waals surface area contributed by atoms with Gasteiger partial charge in [0.2, 0.25) is 0 Å². The highest BCUT2D eigenvalue weighted by Gasteiger charge is 2.13. The van der Waals surface area contributed by atoms with Gasteiger partial charge in [0.05, 0.1) is 6.54 Å². The van der Waals surface area contributed by atoms with E-state index in [0.717, 1.165) is 5.82 Å². The number of phenols is 1. The van der Waals surface area contributed by atoms with Crippen LogP contribution in [0.5, 0.6) is 5.75 Å². The number of amides is 1.